The fourth-order valence-corrected chi connectivity index (χ4v) is 1.76. The summed E-state index contributed by atoms with van der Waals surface area (Å²) in [6.45, 7) is 0. The van der Waals surface area contributed by atoms with Crippen molar-refractivity contribution in [1.82, 2.24) is 4.98 Å². The molecule has 1 aromatic heterocycles. The van der Waals surface area contributed by atoms with Gasteiger partial charge in [-0.1, -0.05) is 0 Å². The van der Waals surface area contributed by atoms with Crippen LogP contribution in [0.4, 0.5) is 11.4 Å². The smallest absolute Gasteiger partial charge is 0.0953 e. The van der Waals surface area contributed by atoms with Crippen molar-refractivity contribution in [2.24, 2.45) is 0 Å². The Balaban J connectivity index is 2.16. The first kappa shape index (κ1) is 8.53. The molecule has 0 amide bonds. The molecule has 0 radical (unpaired) electrons. The van der Waals surface area contributed by atoms with Crippen molar-refractivity contribution in [3.63, 3.8) is 0 Å². The Morgan fingerprint density at radius 1 is 1.27 bits per heavy atom. The van der Waals surface area contributed by atoms with Crippen LogP contribution in [-0.4, -0.2) is 11.0 Å². The Bertz CT molecular complexity index is 503. The van der Waals surface area contributed by atoms with Crippen molar-refractivity contribution in [3.05, 3.63) is 30.5 Å². The van der Waals surface area contributed by atoms with Gasteiger partial charge in [0.05, 0.1) is 11.2 Å². The Hall–Kier alpha value is -1.77. The summed E-state index contributed by atoms with van der Waals surface area (Å²) in [6, 6.07) is 8.52. The van der Waals surface area contributed by atoms with Gasteiger partial charge in [0.1, 0.15) is 0 Å². The fraction of sp³-hybridized carbons (Fsp3) is 0.250. The van der Waals surface area contributed by atoms with E-state index in [2.05, 4.69) is 10.3 Å². The summed E-state index contributed by atoms with van der Waals surface area (Å²) in [5.41, 5.74) is 8.77. The highest BCUT2D eigenvalue weighted by Gasteiger charge is 2.21. The molecule has 1 aliphatic carbocycles. The number of fused-ring (bicyclic) bond motifs is 1. The van der Waals surface area contributed by atoms with Gasteiger partial charge in [-0.15, -0.1) is 0 Å². The van der Waals surface area contributed by atoms with Gasteiger partial charge in [-0.25, -0.2) is 0 Å². The molecule has 1 aliphatic rings. The van der Waals surface area contributed by atoms with Crippen LogP contribution in [0, 0.1) is 0 Å². The van der Waals surface area contributed by atoms with Crippen LogP contribution in [0.1, 0.15) is 12.8 Å². The van der Waals surface area contributed by atoms with E-state index < -0.39 is 0 Å². The molecule has 0 spiro atoms. The molecule has 1 aromatic carbocycles. The molecule has 76 valence electrons. The van der Waals surface area contributed by atoms with Crippen LogP contribution in [0.3, 0.4) is 0 Å². The van der Waals surface area contributed by atoms with E-state index in [0.717, 1.165) is 22.3 Å². The number of nitrogens with two attached hydrogens (primary N) is 1. The number of hydrogen-bond donors (Lipinski definition) is 2. The van der Waals surface area contributed by atoms with Crippen LogP contribution in [0.2, 0.25) is 0 Å². The van der Waals surface area contributed by atoms with E-state index in [1.165, 1.54) is 12.8 Å². The summed E-state index contributed by atoms with van der Waals surface area (Å²) in [6.07, 6.45) is 4.33. The Morgan fingerprint density at radius 3 is 2.93 bits per heavy atom. The van der Waals surface area contributed by atoms with E-state index in [9.17, 15) is 0 Å². The van der Waals surface area contributed by atoms with Gasteiger partial charge in [0.25, 0.3) is 0 Å². The molecule has 15 heavy (non-hydrogen) atoms. The number of rotatable bonds is 2. The fourth-order valence-electron chi connectivity index (χ4n) is 1.76. The summed E-state index contributed by atoms with van der Waals surface area (Å²) in [5, 5.41) is 4.50. The molecular formula is C12H13N3. The maximum atomic E-state index is 5.90. The molecule has 2 aromatic rings. The second-order valence-corrected chi connectivity index (χ2v) is 4.02. The standard InChI is InChI=1S/C12H13N3/c13-10-5-6-11(15-8-3-4-8)12-9(10)2-1-7-14-12/h1-2,5-8,15H,3-4,13H2. The Labute approximate surface area is 88.3 Å². The van der Waals surface area contributed by atoms with E-state index in [1.54, 1.807) is 6.20 Å². The topological polar surface area (TPSA) is 50.9 Å². The largest absolute Gasteiger partial charge is 0.398 e. The molecule has 3 nitrogen and oxygen atoms in total. The second-order valence-electron chi connectivity index (χ2n) is 4.02. The number of pyridine rings is 1. The van der Waals surface area contributed by atoms with Crippen molar-refractivity contribution in [2.75, 3.05) is 11.1 Å². The van der Waals surface area contributed by atoms with Crippen molar-refractivity contribution in [2.45, 2.75) is 18.9 Å². The maximum absolute atomic E-state index is 5.90. The highest BCUT2D eigenvalue weighted by atomic mass is 15.0. The van der Waals surface area contributed by atoms with Gasteiger partial charge in [0, 0.05) is 23.3 Å². The van der Waals surface area contributed by atoms with Gasteiger partial charge < -0.3 is 11.1 Å². The second kappa shape index (κ2) is 3.12. The normalized spacial score (nSPS) is 15.5. The quantitative estimate of drug-likeness (QED) is 0.730. The van der Waals surface area contributed by atoms with Gasteiger partial charge in [0.15, 0.2) is 0 Å². The first-order chi connectivity index (χ1) is 7.34. The number of nitrogens with one attached hydrogen (secondary N) is 1. The van der Waals surface area contributed by atoms with Crippen molar-refractivity contribution in [3.8, 4) is 0 Å². The summed E-state index contributed by atoms with van der Waals surface area (Å²) in [5.74, 6) is 0. The number of hydrogen-bond acceptors (Lipinski definition) is 3. The minimum atomic E-state index is 0.638. The third-order valence-corrected chi connectivity index (χ3v) is 2.74. The van der Waals surface area contributed by atoms with Crippen LogP contribution in [0.25, 0.3) is 10.9 Å². The molecule has 0 saturated heterocycles. The lowest BCUT2D eigenvalue weighted by atomic mass is 10.1. The first-order valence-corrected chi connectivity index (χ1v) is 5.24. The minimum absolute atomic E-state index is 0.638. The van der Waals surface area contributed by atoms with Gasteiger partial charge in [-0.2, -0.15) is 0 Å². The van der Waals surface area contributed by atoms with Crippen molar-refractivity contribution in [1.29, 1.82) is 0 Å². The lowest BCUT2D eigenvalue weighted by Gasteiger charge is -2.09. The van der Waals surface area contributed by atoms with E-state index in [0.29, 0.717) is 6.04 Å². The maximum Gasteiger partial charge on any atom is 0.0953 e. The lowest BCUT2D eigenvalue weighted by molar-refractivity contribution is 1.16. The molecule has 3 rings (SSSR count). The summed E-state index contributed by atoms with van der Waals surface area (Å²) in [7, 11) is 0. The van der Waals surface area contributed by atoms with Crippen LogP contribution in [0.15, 0.2) is 30.5 Å². The van der Waals surface area contributed by atoms with Crippen molar-refractivity contribution < 1.29 is 0 Å². The van der Waals surface area contributed by atoms with Crippen LogP contribution in [-0.2, 0) is 0 Å². The van der Waals surface area contributed by atoms with E-state index >= 15 is 0 Å². The summed E-state index contributed by atoms with van der Waals surface area (Å²) < 4.78 is 0. The van der Waals surface area contributed by atoms with Crippen LogP contribution in [0.5, 0.6) is 0 Å². The molecule has 0 bridgehead atoms. The number of anilines is 2. The highest BCUT2D eigenvalue weighted by molar-refractivity contribution is 5.98. The molecular weight excluding hydrogens is 186 g/mol. The van der Waals surface area contributed by atoms with E-state index in [1.807, 2.05) is 24.3 Å². The summed E-state index contributed by atoms with van der Waals surface area (Å²) in [4.78, 5) is 4.38. The molecule has 0 aliphatic heterocycles. The average Bonchev–Trinajstić information content (AvgIpc) is 3.07. The highest BCUT2D eigenvalue weighted by Crippen LogP contribution is 2.30. The van der Waals surface area contributed by atoms with Crippen molar-refractivity contribution >= 4 is 22.3 Å². The zero-order valence-electron chi connectivity index (χ0n) is 8.40. The van der Waals surface area contributed by atoms with E-state index in [-0.39, 0.29) is 0 Å². The van der Waals surface area contributed by atoms with Crippen LogP contribution >= 0.6 is 0 Å². The SMILES string of the molecule is Nc1ccc(NC2CC2)c2ncccc12. The lowest BCUT2D eigenvalue weighted by Crippen LogP contribution is -2.02. The predicted octanol–water partition coefficient (Wildman–Crippen LogP) is 2.39. The molecule has 0 atom stereocenters. The monoisotopic (exact) mass is 199 g/mol. The Kier molecular flexibility index (Phi) is 1.78. The zero-order chi connectivity index (χ0) is 10.3. The predicted molar refractivity (Wildman–Crippen MR) is 62.8 cm³/mol. The molecule has 3 N–H and O–H groups in total. The van der Waals surface area contributed by atoms with E-state index in [4.69, 9.17) is 5.73 Å². The third kappa shape index (κ3) is 1.50. The number of aromatic nitrogens is 1. The minimum Gasteiger partial charge on any atom is -0.398 e. The summed E-state index contributed by atoms with van der Waals surface area (Å²) >= 11 is 0. The number of nitrogens with zero attached hydrogens (tertiary/aromatic N) is 1. The average molecular weight is 199 g/mol. The molecule has 1 fully saturated rings. The first-order valence-electron chi connectivity index (χ1n) is 5.24. The number of nitrogen functional groups attached to an aromatic ring is 1. The van der Waals surface area contributed by atoms with Crippen LogP contribution < -0.4 is 11.1 Å². The third-order valence-electron chi connectivity index (χ3n) is 2.74. The van der Waals surface area contributed by atoms with Gasteiger partial charge in [-0.05, 0) is 37.1 Å². The van der Waals surface area contributed by atoms with Gasteiger partial charge in [0.2, 0.25) is 0 Å². The zero-order valence-corrected chi connectivity index (χ0v) is 8.40. The molecule has 1 heterocycles. The molecule has 0 unspecified atom stereocenters. The van der Waals surface area contributed by atoms with Gasteiger partial charge in [-0.3, -0.25) is 4.98 Å². The molecule has 3 heteroatoms. The molecule has 1 saturated carbocycles. The van der Waals surface area contributed by atoms with Gasteiger partial charge >= 0.3 is 0 Å². The number of benzene rings is 1. The Morgan fingerprint density at radius 2 is 2.13 bits per heavy atom.